The molecule has 0 saturated carbocycles. The van der Waals surface area contributed by atoms with Crippen LogP contribution >= 0.6 is 0 Å². The molecule has 1 unspecified atom stereocenters. The van der Waals surface area contributed by atoms with Crippen molar-refractivity contribution in [1.29, 1.82) is 0 Å². The lowest BCUT2D eigenvalue weighted by Gasteiger charge is -2.37. The van der Waals surface area contributed by atoms with Gasteiger partial charge in [-0.1, -0.05) is 54.6 Å². The second-order valence-electron chi connectivity index (χ2n) is 6.49. The number of hydrogen-bond acceptors (Lipinski definition) is 7. The van der Waals surface area contributed by atoms with E-state index in [0.29, 0.717) is 12.2 Å². The van der Waals surface area contributed by atoms with Gasteiger partial charge in [-0.15, -0.1) is 11.6 Å². The Balaban J connectivity index is 0.000000469. The molecule has 1 saturated heterocycles. The topological polar surface area (TPSA) is 119 Å². The standard InChI is InChI=1S/C18H20N2O4.C3H6O2S/c19-17(21)16-11-12-20(22)18(16,24-15-9-5-2-6-10-15)23-13-14-7-3-1-4-8-14;1-2-3-6(4)5/h1-10,16,22H,11-13H2,(H2,19,21);2,6H,1,3H2/t16?,18-;/m1./s1. The lowest BCUT2D eigenvalue weighted by Crippen LogP contribution is -2.56. The van der Waals surface area contributed by atoms with E-state index in [9.17, 15) is 18.4 Å². The molecular weight excluding hydrogens is 408 g/mol. The van der Waals surface area contributed by atoms with Crippen molar-refractivity contribution in [3.63, 3.8) is 0 Å². The maximum atomic E-state index is 11.9. The molecule has 2 aromatic rings. The summed E-state index contributed by atoms with van der Waals surface area (Å²) in [4.78, 5) is 11.9. The number of nitrogens with two attached hydrogens (primary N) is 1. The molecule has 1 heterocycles. The quantitative estimate of drug-likeness (QED) is 0.330. The first kappa shape index (κ1) is 23.6. The molecule has 2 aromatic carbocycles. The van der Waals surface area contributed by atoms with Crippen LogP contribution in [0.25, 0.3) is 0 Å². The third-order valence-electron chi connectivity index (χ3n) is 4.35. The van der Waals surface area contributed by atoms with Crippen molar-refractivity contribution in [2.45, 2.75) is 18.9 Å². The van der Waals surface area contributed by atoms with Gasteiger partial charge in [0, 0.05) is 6.54 Å². The van der Waals surface area contributed by atoms with E-state index in [4.69, 9.17) is 15.2 Å². The number of rotatable bonds is 8. The smallest absolute Gasteiger partial charge is 0.307 e. The summed E-state index contributed by atoms with van der Waals surface area (Å²) in [6.45, 7) is 3.62. The molecule has 1 fully saturated rings. The predicted molar refractivity (Wildman–Crippen MR) is 112 cm³/mol. The molecular formula is C21H26N2O6S. The van der Waals surface area contributed by atoms with E-state index in [2.05, 4.69) is 6.58 Å². The first-order valence-electron chi connectivity index (χ1n) is 9.29. The minimum Gasteiger partial charge on any atom is -0.446 e. The third-order valence-corrected chi connectivity index (χ3v) is 4.90. The first-order chi connectivity index (χ1) is 14.4. The maximum absolute atomic E-state index is 11.9. The molecule has 30 heavy (non-hydrogen) atoms. The highest BCUT2D eigenvalue weighted by Gasteiger charge is 2.56. The Hall–Kier alpha value is -2.72. The summed E-state index contributed by atoms with van der Waals surface area (Å²) in [6, 6.07) is 18.4. The van der Waals surface area contributed by atoms with Crippen LogP contribution in [0.15, 0.2) is 73.3 Å². The highest BCUT2D eigenvalue weighted by atomic mass is 32.2. The predicted octanol–water partition coefficient (Wildman–Crippen LogP) is 1.92. The van der Waals surface area contributed by atoms with Crippen LogP contribution in [0, 0.1) is 5.92 Å². The van der Waals surface area contributed by atoms with Crippen LogP contribution in [-0.4, -0.2) is 42.8 Å². The third kappa shape index (κ3) is 6.39. The van der Waals surface area contributed by atoms with Crippen LogP contribution in [0.4, 0.5) is 0 Å². The van der Waals surface area contributed by atoms with Crippen LogP contribution in [0.5, 0.6) is 5.75 Å². The SMILES string of the molecule is C=CC[SH](=O)=O.NC(=O)C1CCN(O)[C@]1(OCc1ccccc1)Oc1ccccc1. The molecule has 0 bridgehead atoms. The van der Waals surface area contributed by atoms with Gasteiger partial charge in [-0.25, -0.2) is 8.42 Å². The molecule has 0 aliphatic carbocycles. The van der Waals surface area contributed by atoms with Gasteiger partial charge in [0.15, 0.2) is 0 Å². The van der Waals surface area contributed by atoms with Crippen LogP contribution in [0.3, 0.4) is 0 Å². The number of hydrogen-bond donors (Lipinski definition) is 3. The molecule has 8 nitrogen and oxygen atoms in total. The summed E-state index contributed by atoms with van der Waals surface area (Å²) >= 11 is 0. The van der Waals surface area contributed by atoms with Crippen molar-refractivity contribution in [3.05, 3.63) is 78.9 Å². The summed E-state index contributed by atoms with van der Waals surface area (Å²) in [5.74, 6) is -2.42. The number of para-hydroxylation sites is 1. The maximum Gasteiger partial charge on any atom is 0.307 e. The van der Waals surface area contributed by atoms with Crippen LogP contribution in [0.1, 0.15) is 12.0 Å². The molecule has 1 amide bonds. The number of ether oxygens (including phenoxy) is 2. The average Bonchev–Trinajstić information content (AvgIpc) is 3.05. The van der Waals surface area contributed by atoms with Crippen LogP contribution in [-0.2, 0) is 26.8 Å². The molecule has 1 aliphatic rings. The zero-order valence-electron chi connectivity index (χ0n) is 16.4. The highest BCUT2D eigenvalue weighted by Crippen LogP contribution is 2.37. The highest BCUT2D eigenvalue weighted by molar-refractivity contribution is 7.72. The largest absolute Gasteiger partial charge is 0.446 e. The van der Waals surface area contributed by atoms with Crippen molar-refractivity contribution in [2.24, 2.45) is 11.7 Å². The van der Waals surface area contributed by atoms with E-state index in [1.807, 2.05) is 36.4 Å². The van der Waals surface area contributed by atoms with Gasteiger partial charge in [0.05, 0.1) is 12.4 Å². The molecule has 3 N–H and O–H groups in total. The van der Waals surface area contributed by atoms with E-state index in [-0.39, 0.29) is 18.9 Å². The fourth-order valence-corrected chi connectivity index (χ4v) is 3.15. The van der Waals surface area contributed by atoms with Crippen molar-refractivity contribution >= 4 is 16.6 Å². The fourth-order valence-electron chi connectivity index (χ4n) is 2.94. The van der Waals surface area contributed by atoms with Gasteiger partial charge in [0.2, 0.25) is 5.91 Å². The molecule has 0 spiro atoms. The first-order valence-corrected chi connectivity index (χ1v) is 10.7. The van der Waals surface area contributed by atoms with Gasteiger partial charge >= 0.3 is 5.91 Å². The lowest BCUT2D eigenvalue weighted by atomic mass is 10.0. The van der Waals surface area contributed by atoms with Gasteiger partial charge in [0.1, 0.15) is 22.4 Å². The van der Waals surface area contributed by atoms with E-state index in [1.54, 1.807) is 24.3 Å². The summed E-state index contributed by atoms with van der Waals surface area (Å²) in [5, 5.41) is 11.3. The molecule has 3 rings (SSSR count). The van der Waals surface area contributed by atoms with Crippen molar-refractivity contribution in [3.8, 4) is 5.75 Å². The molecule has 9 heteroatoms. The molecule has 162 valence electrons. The number of hydroxylamine groups is 2. The Morgan fingerprint density at radius 3 is 2.30 bits per heavy atom. The summed E-state index contributed by atoms with van der Waals surface area (Å²) in [7, 11) is -2.22. The number of benzene rings is 2. The van der Waals surface area contributed by atoms with Crippen molar-refractivity contribution in [1.82, 2.24) is 5.06 Å². The number of carbonyl (C=O) groups is 1. The normalized spacial score (nSPS) is 20.9. The molecule has 1 aliphatic heterocycles. The minimum atomic E-state index is -2.22. The summed E-state index contributed by atoms with van der Waals surface area (Å²) in [6.07, 6.45) is 1.71. The van der Waals surface area contributed by atoms with Gasteiger partial charge in [-0.3, -0.25) is 4.79 Å². The van der Waals surface area contributed by atoms with Gasteiger partial charge in [-0.05, 0) is 24.1 Å². The zero-order valence-corrected chi connectivity index (χ0v) is 17.3. The number of nitrogens with zero attached hydrogens (tertiary/aromatic N) is 1. The number of thiol groups is 1. The zero-order chi connectivity index (χ0) is 22.0. The summed E-state index contributed by atoms with van der Waals surface area (Å²) in [5.41, 5.74) is 6.42. The number of primary amides is 1. The Morgan fingerprint density at radius 2 is 1.80 bits per heavy atom. The van der Waals surface area contributed by atoms with Crippen molar-refractivity contribution in [2.75, 3.05) is 12.3 Å². The lowest BCUT2D eigenvalue weighted by molar-refractivity contribution is -0.360. The Kier molecular flexibility index (Phi) is 9.00. The van der Waals surface area contributed by atoms with E-state index in [1.165, 1.54) is 6.08 Å². The monoisotopic (exact) mass is 434 g/mol. The fraction of sp³-hybridized carbons (Fsp3) is 0.286. The summed E-state index contributed by atoms with van der Waals surface area (Å²) < 4.78 is 31.0. The molecule has 0 radical (unpaired) electrons. The van der Waals surface area contributed by atoms with Crippen LogP contribution < -0.4 is 10.5 Å². The van der Waals surface area contributed by atoms with Gasteiger partial charge in [-0.2, -0.15) is 0 Å². The Morgan fingerprint density at radius 1 is 1.20 bits per heavy atom. The van der Waals surface area contributed by atoms with Crippen LogP contribution in [0.2, 0.25) is 0 Å². The van der Waals surface area contributed by atoms with E-state index < -0.39 is 28.4 Å². The average molecular weight is 435 g/mol. The minimum absolute atomic E-state index is 0.0926. The van der Waals surface area contributed by atoms with Gasteiger partial charge < -0.3 is 20.4 Å². The molecule has 2 atom stereocenters. The van der Waals surface area contributed by atoms with Gasteiger partial charge in [0.25, 0.3) is 0 Å². The van der Waals surface area contributed by atoms with E-state index in [0.717, 1.165) is 10.6 Å². The van der Waals surface area contributed by atoms with E-state index >= 15 is 0 Å². The van der Waals surface area contributed by atoms with Crippen molar-refractivity contribution < 1.29 is 27.9 Å². The second-order valence-corrected chi connectivity index (χ2v) is 7.52. The number of carbonyl (C=O) groups excluding carboxylic acids is 1. The Bertz CT molecular complexity index is 883. The Labute approximate surface area is 177 Å². The second kappa shape index (κ2) is 11.5. The number of amides is 1. The molecule has 0 aromatic heterocycles.